The number of benzene rings is 1. The number of hydrogen-bond acceptors (Lipinski definition) is 2. The van der Waals surface area contributed by atoms with Crippen LogP contribution in [0.2, 0.25) is 0 Å². The van der Waals surface area contributed by atoms with Gasteiger partial charge in [-0.15, -0.1) is 0 Å². The molecule has 0 atom stereocenters. The van der Waals surface area contributed by atoms with E-state index in [1.54, 1.807) is 0 Å². The van der Waals surface area contributed by atoms with Gasteiger partial charge in [0, 0.05) is 31.9 Å². The van der Waals surface area contributed by atoms with Crippen LogP contribution in [-0.2, 0) is 4.79 Å². The molecule has 3 heteroatoms. The molecule has 1 amide bonds. The molecule has 100 valence electrons. The lowest BCUT2D eigenvalue weighted by molar-refractivity contribution is -0.116. The fourth-order valence-corrected chi connectivity index (χ4v) is 1.88. The molecule has 0 aliphatic heterocycles. The Hall–Kier alpha value is -1.51. The molecule has 0 heterocycles. The Morgan fingerprint density at radius 1 is 1.33 bits per heavy atom. The van der Waals surface area contributed by atoms with Gasteiger partial charge in [0.2, 0.25) is 5.91 Å². The Balaban J connectivity index is 2.63. The third-order valence-electron chi connectivity index (χ3n) is 2.91. The number of anilines is 2. The molecule has 0 aliphatic carbocycles. The monoisotopic (exact) mass is 248 g/mol. The van der Waals surface area contributed by atoms with Gasteiger partial charge in [-0.25, -0.2) is 0 Å². The van der Waals surface area contributed by atoms with E-state index in [1.165, 1.54) is 11.3 Å². The van der Waals surface area contributed by atoms with Crippen LogP contribution < -0.4 is 10.2 Å². The van der Waals surface area contributed by atoms with Crippen molar-refractivity contribution in [3.8, 4) is 0 Å². The van der Waals surface area contributed by atoms with Gasteiger partial charge in [-0.05, 0) is 43.0 Å². The average molecular weight is 248 g/mol. The molecule has 3 nitrogen and oxygen atoms in total. The van der Waals surface area contributed by atoms with Crippen molar-refractivity contribution in [3.63, 3.8) is 0 Å². The molecule has 0 aliphatic rings. The number of rotatable bonds is 5. The summed E-state index contributed by atoms with van der Waals surface area (Å²) in [7, 11) is 4.03. The van der Waals surface area contributed by atoms with Crippen LogP contribution in [0, 0.1) is 12.8 Å². The number of nitrogens with one attached hydrogen (secondary N) is 1. The normalized spacial score (nSPS) is 10.6. The lowest BCUT2D eigenvalue weighted by Gasteiger charge is -2.16. The Morgan fingerprint density at radius 2 is 2.00 bits per heavy atom. The molecule has 0 fully saturated rings. The molecule has 1 rings (SSSR count). The predicted molar refractivity (Wildman–Crippen MR) is 78.2 cm³/mol. The number of nitrogens with zero attached hydrogens (tertiary/aromatic N) is 1. The molecule has 0 bridgehead atoms. The van der Waals surface area contributed by atoms with Crippen molar-refractivity contribution in [2.75, 3.05) is 24.3 Å². The summed E-state index contributed by atoms with van der Waals surface area (Å²) in [6.45, 7) is 6.31. The van der Waals surface area contributed by atoms with Crippen molar-refractivity contribution >= 4 is 17.3 Å². The van der Waals surface area contributed by atoms with Crippen molar-refractivity contribution in [1.82, 2.24) is 0 Å². The molecule has 1 N–H and O–H groups in total. The Bertz CT molecular complexity index is 411. The standard InChI is InChI=1S/C15H24N2O/c1-11(2)6-9-15(18)16-13-7-8-14(17(4)5)12(3)10-13/h7-8,10-11H,6,9H2,1-5H3,(H,16,18). The summed E-state index contributed by atoms with van der Waals surface area (Å²) in [6.07, 6.45) is 1.52. The predicted octanol–water partition coefficient (Wildman–Crippen LogP) is 3.44. The van der Waals surface area contributed by atoms with E-state index in [1.807, 2.05) is 32.3 Å². The number of aryl methyl sites for hydroxylation is 1. The Kier molecular flexibility index (Phi) is 5.20. The summed E-state index contributed by atoms with van der Waals surface area (Å²) < 4.78 is 0. The largest absolute Gasteiger partial charge is 0.377 e. The van der Waals surface area contributed by atoms with Crippen LogP contribution in [0.25, 0.3) is 0 Å². The van der Waals surface area contributed by atoms with Crippen molar-refractivity contribution in [3.05, 3.63) is 23.8 Å². The van der Waals surface area contributed by atoms with E-state index < -0.39 is 0 Å². The average Bonchev–Trinajstić information content (AvgIpc) is 2.26. The zero-order chi connectivity index (χ0) is 13.7. The SMILES string of the molecule is Cc1cc(NC(=O)CCC(C)C)ccc1N(C)C. The summed E-state index contributed by atoms with van der Waals surface area (Å²) >= 11 is 0. The molecule has 0 radical (unpaired) electrons. The van der Waals surface area contributed by atoms with Crippen LogP contribution in [-0.4, -0.2) is 20.0 Å². The minimum absolute atomic E-state index is 0.0979. The van der Waals surface area contributed by atoms with E-state index >= 15 is 0 Å². The molecule has 1 aromatic carbocycles. The number of hydrogen-bond donors (Lipinski definition) is 1. The van der Waals surface area contributed by atoms with E-state index in [0.29, 0.717) is 12.3 Å². The molecular weight excluding hydrogens is 224 g/mol. The van der Waals surface area contributed by atoms with Crippen molar-refractivity contribution in [2.45, 2.75) is 33.6 Å². The fraction of sp³-hybridized carbons (Fsp3) is 0.533. The summed E-state index contributed by atoms with van der Waals surface area (Å²) in [4.78, 5) is 13.8. The highest BCUT2D eigenvalue weighted by Gasteiger charge is 2.06. The molecule has 0 saturated heterocycles. The highest BCUT2D eigenvalue weighted by atomic mass is 16.1. The summed E-state index contributed by atoms with van der Waals surface area (Å²) in [6, 6.07) is 6.01. The van der Waals surface area contributed by atoms with Crippen LogP contribution in [0.5, 0.6) is 0 Å². The quantitative estimate of drug-likeness (QED) is 0.865. The number of carbonyl (C=O) groups excluding carboxylic acids is 1. The van der Waals surface area contributed by atoms with E-state index in [9.17, 15) is 4.79 Å². The smallest absolute Gasteiger partial charge is 0.224 e. The van der Waals surface area contributed by atoms with Crippen LogP contribution in [0.15, 0.2) is 18.2 Å². The molecule has 18 heavy (non-hydrogen) atoms. The van der Waals surface area contributed by atoms with E-state index in [0.717, 1.165) is 12.1 Å². The second-order valence-electron chi connectivity index (χ2n) is 5.38. The third-order valence-corrected chi connectivity index (χ3v) is 2.91. The summed E-state index contributed by atoms with van der Waals surface area (Å²) in [5.41, 5.74) is 3.23. The van der Waals surface area contributed by atoms with Gasteiger partial charge in [-0.2, -0.15) is 0 Å². The number of amides is 1. The lowest BCUT2D eigenvalue weighted by Crippen LogP contribution is -2.13. The van der Waals surface area contributed by atoms with Gasteiger partial charge < -0.3 is 10.2 Å². The topological polar surface area (TPSA) is 32.3 Å². The second-order valence-corrected chi connectivity index (χ2v) is 5.38. The minimum atomic E-state index is 0.0979. The molecule has 0 saturated carbocycles. The van der Waals surface area contributed by atoms with Gasteiger partial charge in [-0.3, -0.25) is 4.79 Å². The van der Waals surface area contributed by atoms with E-state index in [2.05, 4.69) is 31.0 Å². The van der Waals surface area contributed by atoms with Gasteiger partial charge in [-0.1, -0.05) is 13.8 Å². The molecule has 0 unspecified atom stereocenters. The number of carbonyl (C=O) groups is 1. The molecule has 0 spiro atoms. The van der Waals surface area contributed by atoms with Crippen LogP contribution in [0.1, 0.15) is 32.3 Å². The zero-order valence-electron chi connectivity index (χ0n) is 12.1. The minimum Gasteiger partial charge on any atom is -0.377 e. The first kappa shape index (κ1) is 14.6. The molecule has 1 aromatic rings. The van der Waals surface area contributed by atoms with Crippen molar-refractivity contribution < 1.29 is 4.79 Å². The van der Waals surface area contributed by atoms with Gasteiger partial charge in [0.15, 0.2) is 0 Å². The van der Waals surface area contributed by atoms with Gasteiger partial charge >= 0.3 is 0 Å². The Labute approximate surface area is 110 Å². The Morgan fingerprint density at radius 3 is 2.50 bits per heavy atom. The summed E-state index contributed by atoms with van der Waals surface area (Å²) in [5, 5.41) is 2.95. The maximum absolute atomic E-state index is 11.7. The van der Waals surface area contributed by atoms with Crippen LogP contribution in [0.4, 0.5) is 11.4 Å². The van der Waals surface area contributed by atoms with E-state index in [4.69, 9.17) is 0 Å². The van der Waals surface area contributed by atoms with Gasteiger partial charge in [0.05, 0.1) is 0 Å². The summed E-state index contributed by atoms with van der Waals surface area (Å²) in [5.74, 6) is 0.661. The maximum Gasteiger partial charge on any atom is 0.224 e. The highest BCUT2D eigenvalue weighted by molar-refractivity contribution is 5.91. The molecular formula is C15H24N2O. The fourth-order valence-electron chi connectivity index (χ4n) is 1.88. The first-order chi connectivity index (χ1) is 8.40. The first-order valence-electron chi connectivity index (χ1n) is 6.48. The van der Waals surface area contributed by atoms with E-state index in [-0.39, 0.29) is 5.91 Å². The van der Waals surface area contributed by atoms with Crippen molar-refractivity contribution in [2.24, 2.45) is 5.92 Å². The highest BCUT2D eigenvalue weighted by Crippen LogP contribution is 2.22. The molecule has 0 aromatic heterocycles. The van der Waals surface area contributed by atoms with Crippen LogP contribution >= 0.6 is 0 Å². The third kappa shape index (κ3) is 4.40. The van der Waals surface area contributed by atoms with Crippen molar-refractivity contribution in [1.29, 1.82) is 0 Å². The lowest BCUT2D eigenvalue weighted by atomic mass is 10.1. The van der Waals surface area contributed by atoms with Gasteiger partial charge in [0.25, 0.3) is 0 Å². The zero-order valence-corrected chi connectivity index (χ0v) is 12.1. The van der Waals surface area contributed by atoms with Crippen LogP contribution in [0.3, 0.4) is 0 Å². The maximum atomic E-state index is 11.7. The second kappa shape index (κ2) is 6.43. The first-order valence-corrected chi connectivity index (χ1v) is 6.48. The van der Waals surface area contributed by atoms with Gasteiger partial charge in [0.1, 0.15) is 0 Å².